The maximum atomic E-state index is 10.8. The highest BCUT2D eigenvalue weighted by Crippen LogP contribution is 2.10. The van der Waals surface area contributed by atoms with Crippen molar-refractivity contribution < 1.29 is 34.2 Å². The first-order valence-corrected chi connectivity index (χ1v) is 3.69. The number of methoxy groups -OCH3 is 1. The lowest BCUT2D eigenvalue weighted by Crippen LogP contribution is -2.30. The van der Waals surface area contributed by atoms with Crippen molar-refractivity contribution in [1.29, 1.82) is 0 Å². The quantitative estimate of drug-likeness (QED) is 0.376. The summed E-state index contributed by atoms with van der Waals surface area (Å²) in [4.78, 5) is 28.8. The molecule has 0 heterocycles. The van der Waals surface area contributed by atoms with Crippen LogP contribution in [0.15, 0.2) is 0 Å². The Hall–Kier alpha value is -1.18. The highest BCUT2D eigenvalue weighted by molar-refractivity contribution is 5.69. The van der Waals surface area contributed by atoms with E-state index in [1.165, 1.54) is 14.0 Å². The van der Waals surface area contributed by atoms with E-state index in [2.05, 4.69) is 19.6 Å². The summed E-state index contributed by atoms with van der Waals surface area (Å²) in [5.41, 5.74) is 0. The lowest BCUT2D eigenvalue weighted by atomic mass is 10.2. The van der Waals surface area contributed by atoms with Gasteiger partial charge in [-0.05, 0) is 6.92 Å². The Morgan fingerprint density at radius 3 is 2.36 bits per heavy atom. The maximum absolute atomic E-state index is 10.8. The molecule has 1 unspecified atom stereocenters. The van der Waals surface area contributed by atoms with Crippen LogP contribution in [-0.4, -0.2) is 29.9 Å². The largest absolute Gasteiger partial charge is 0.365 e. The molecule has 0 aliphatic rings. The van der Waals surface area contributed by atoms with Gasteiger partial charge in [0, 0.05) is 19.1 Å². The van der Waals surface area contributed by atoms with Crippen LogP contribution in [0.1, 0.15) is 20.3 Å². The van der Waals surface area contributed by atoms with E-state index in [0.29, 0.717) is 0 Å². The minimum Gasteiger partial charge on any atom is -0.365 e. The van der Waals surface area contributed by atoms with Gasteiger partial charge in [0.15, 0.2) is 5.79 Å². The zero-order valence-electron chi connectivity index (χ0n) is 8.10. The molecule has 0 fully saturated rings. The number of carbonyl (C=O) groups excluding carboxylic acids is 2. The molecular formula is C7H12O7. The van der Waals surface area contributed by atoms with Crippen molar-refractivity contribution in [2.45, 2.75) is 26.1 Å². The smallest absolute Gasteiger partial charge is 0.352 e. The van der Waals surface area contributed by atoms with E-state index < -0.39 is 24.1 Å². The zero-order valence-corrected chi connectivity index (χ0v) is 8.10. The molecule has 0 saturated heterocycles. The molecule has 0 aliphatic heterocycles. The lowest BCUT2D eigenvalue weighted by Gasteiger charge is -2.18. The first-order chi connectivity index (χ1) is 6.37. The molecule has 1 N–H and O–H groups in total. The van der Waals surface area contributed by atoms with Gasteiger partial charge in [0.25, 0.3) is 0 Å². The van der Waals surface area contributed by atoms with E-state index in [0.717, 1.165) is 6.92 Å². The van der Waals surface area contributed by atoms with Crippen LogP contribution >= 0.6 is 0 Å². The highest BCUT2D eigenvalue weighted by atomic mass is 17.5. The van der Waals surface area contributed by atoms with Gasteiger partial charge in [-0.1, -0.05) is 0 Å². The fourth-order valence-corrected chi connectivity index (χ4v) is 0.472. The van der Waals surface area contributed by atoms with Crippen LogP contribution in [0.3, 0.4) is 0 Å². The van der Waals surface area contributed by atoms with Crippen LogP contribution in [0.4, 0.5) is 0 Å². The molecule has 0 aromatic heterocycles. The van der Waals surface area contributed by atoms with Crippen LogP contribution in [0.5, 0.6) is 0 Å². The van der Waals surface area contributed by atoms with Crippen molar-refractivity contribution in [3.8, 4) is 0 Å². The summed E-state index contributed by atoms with van der Waals surface area (Å²) in [5, 5.41) is 13.0. The topological polar surface area (TPSA) is 91.3 Å². The van der Waals surface area contributed by atoms with Gasteiger partial charge in [0.05, 0.1) is 0 Å². The summed E-state index contributed by atoms with van der Waals surface area (Å²) >= 11 is 0. The summed E-state index contributed by atoms with van der Waals surface area (Å²) in [5.74, 6) is -3.34. The molecule has 0 saturated carbocycles. The Balaban J connectivity index is 3.71. The number of aliphatic hydroxyl groups is 1. The Bertz CT molecular complexity index is 210. The Morgan fingerprint density at radius 2 is 1.93 bits per heavy atom. The molecule has 0 aliphatic carbocycles. The van der Waals surface area contributed by atoms with E-state index in [-0.39, 0.29) is 0 Å². The molecular weight excluding hydrogens is 196 g/mol. The van der Waals surface area contributed by atoms with Crippen LogP contribution in [0.2, 0.25) is 0 Å². The molecule has 0 radical (unpaired) electrons. The normalized spacial score (nSPS) is 14.3. The van der Waals surface area contributed by atoms with Crippen molar-refractivity contribution in [3.05, 3.63) is 0 Å². The van der Waals surface area contributed by atoms with Crippen LogP contribution < -0.4 is 0 Å². The molecule has 0 rings (SSSR count). The van der Waals surface area contributed by atoms with Gasteiger partial charge >= 0.3 is 11.9 Å². The van der Waals surface area contributed by atoms with Crippen LogP contribution in [0.25, 0.3) is 0 Å². The second-order valence-corrected chi connectivity index (χ2v) is 2.65. The second-order valence-electron chi connectivity index (χ2n) is 2.65. The maximum Gasteiger partial charge on any atom is 0.352 e. The molecule has 0 aromatic carbocycles. The van der Waals surface area contributed by atoms with Crippen molar-refractivity contribution >= 4 is 11.9 Å². The monoisotopic (exact) mass is 208 g/mol. The molecule has 0 bridgehead atoms. The third kappa shape index (κ3) is 6.35. The average Bonchev–Trinajstić information content (AvgIpc) is 2.02. The minimum absolute atomic E-state index is 0.454. The molecule has 7 nitrogen and oxygen atoms in total. The number of hydrogen-bond acceptors (Lipinski definition) is 7. The van der Waals surface area contributed by atoms with Gasteiger partial charge in [-0.15, -0.1) is 0 Å². The SMILES string of the molecule is COC(C)(O)CC(=O)OOOC(C)=O. The fourth-order valence-electron chi connectivity index (χ4n) is 0.472. The first-order valence-electron chi connectivity index (χ1n) is 3.69. The Labute approximate surface area is 80.4 Å². The minimum atomic E-state index is -1.64. The first kappa shape index (κ1) is 12.8. The number of rotatable bonds is 5. The summed E-state index contributed by atoms with van der Waals surface area (Å²) in [7, 11) is 1.22. The van der Waals surface area contributed by atoms with Crippen molar-refractivity contribution in [2.24, 2.45) is 0 Å². The van der Waals surface area contributed by atoms with Gasteiger partial charge in [-0.3, -0.25) is 9.78 Å². The standard InChI is InChI=1S/C7H12O7/c1-5(8)12-14-13-6(9)4-7(2,10)11-3/h10H,4H2,1-3H3. The second kappa shape index (κ2) is 5.53. The third-order valence-electron chi connectivity index (χ3n) is 1.19. The zero-order chi connectivity index (χ0) is 11.2. The van der Waals surface area contributed by atoms with Crippen LogP contribution in [0, 0.1) is 0 Å². The Kier molecular flexibility index (Phi) is 5.06. The van der Waals surface area contributed by atoms with Gasteiger partial charge in [-0.25, -0.2) is 9.59 Å². The molecule has 82 valence electrons. The number of carbonyl (C=O) groups is 2. The third-order valence-corrected chi connectivity index (χ3v) is 1.19. The van der Waals surface area contributed by atoms with Crippen molar-refractivity contribution in [3.63, 3.8) is 0 Å². The summed E-state index contributed by atoms with van der Waals surface area (Å²) < 4.78 is 4.53. The van der Waals surface area contributed by atoms with Gasteiger partial charge in [0.2, 0.25) is 0 Å². The van der Waals surface area contributed by atoms with Crippen molar-refractivity contribution in [2.75, 3.05) is 7.11 Å². The molecule has 14 heavy (non-hydrogen) atoms. The van der Waals surface area contributed by atoms with E-state index in [1.54, 1.807) is 0 Å². The molecule has 0 aromatic rings. The van der Waals surface area contributed by atoms with Gasteiger partial charge in [0.1, 0.15) is 6.42 Å². The van der Waals surface area contributed by atoms with E-state index in [4.69, 9.17) is 0 Å². The van der Waals surface area contributed by atoms with Crippen LogP contribution in [-0.2, 0) is 29.1 Å². The molecule has 7 heteroatoms. The summed E-state index contributed by atoms with van der Waals surface area (Å²) in [6.45, 7) is 2.33. The summed E-state index contributed by atoms with van der Waals surface area (Å²) in [6, 6.07) is 0. The predicted octanol–water partition coefficient (Wildman–Crippen LogP) is -0.316. The van der Waals surface area contributed by atoms with E-state index >= 15 is 0 Å². The van der Waals surface area contributed by atoms with E-state index in [1.807, 2.05) is 0 Å². The molecule has 0 spiro atoms. The predicted molar refractivity (Wildman–Crippen MR) is 41.2 cm³/mol. The van der Waals surface area contributed by atoms with Crippen molar-refractivity contribution in [1.82, 2.24) is 0 Å². The lowest BCUT2D eigenvalue weighted by molar-refractivity contribution is -0.459. The number of hydrogen-bond donors (Lipinski definition) is 1. The van der Waals surface area contributed by atoms with E-state index in [9.17, 15) is 14.7 Å². The summed E-state index contributed by atoms with van der Waals surface area (Å²) in [6.07, 6.45) is -0.454. The highest BCUT2D eigenvalue weighted by Gasteiger charge is 2.25. The average molecular weight is 208 g/mol. The van der Waals surface area contributed by atoms with Gasteiger partial charge < -0.3 is 9.84 Å². The molecule has 0 amide bonds. The molecule has 1 atom stereocenters. The Morgan fingerprint density at radius 1 is 1.36 bits per heavy atom. The van der Waals surface area contributed by atoms with Gasteiger partial charge in [-0.2, -0.15) is 0 Å². The fraction of sp³-hybridized carbons (Fsp3) is 0.714. The number of ether oxygens (including phenoxy) is 1.